The van der Waals surface area contributed by atoms with E-state index in [2.05, 4.69) is 20.8 Å². The molecule has 0 aromatic carbocycles. The number of aryl methyl sites for hydroxylation is 1. The van der Waals surface area contributed by atoms with Crippen LogP contribution in [0.25, 0.3) is 11.1 Å². The molecule has 2 aliphatic rings. The van der Waals surface area contributed by atoms with Gasteiger partial charge < -0.3 is 15.2 Å². The van der Waals surface area contributed by atoms with E-state index < -0.39 is 0 Å². The van der Waals surface area contributed by atoms with Crippen molar-refractivity contribution in [2.24, 2.45) is 0 Å². The molecule has 1 saturated carbocycles. The highest BCUT2D eigenvalue weighted by molar-refractivity contribution is 6.06. The van der Waals surface area contributed by atoms with E-state index in [-0.39, 0.29) is 11.9 Å². The van der Waals surface area contributed by atoms with Gasteiger partial charge in [-0.15, -0.1) is 0 Å². The monoisotopic (exact) mass is 286 g/mol. The van der Waals surface area contributed by atoms with Gasteiger partial charge in [0, 0.05) is 24.2 Å². The van der Waals surface area contributed by atoms with Crippen LogP contribution in [0.3, 0.4) is 0 Å². The Labute approximate surface area is 122 Å². The number of nitrogens with one attached hydrogen (secondary N) is 2. The van der Waals surface area contributed by atoms with E-state index in [0.717, 1.165) is 49.1 Å². The molecule has 1 unspecified atom stereocenters. The number of amides is 1. The van der Waals surface area contributed by atoms with Crippen molar-refractivity contribution in [3.63, 3.8) is 0 Å². The van der Waals surface area contributed by atoms with Crippen LogP contribution < -0.4 is 10.6 Å². The van der Waals surface area contributed by atoms with Gasteiger partial charge in [0.15, 0.2) is 0 Å². The second kappa shape index (κ2) is 4.80. The van der Waals surface area contributed by atoms with Crippen molar-refractivity contribution in [1.29, 1.82) is 0 Å². The van der Waals surface area contributed by atoms with Gasteiger partial charge in [-0.05, 0) is 38.8 Å². The van der Waals surface area contributed by atoms with Crippen molar-refractivity contribution in [2.45, 2.75) is 38.1 Å². The van der Waals surface area contributed by atoms with Gasteiger partial charge in [-0.1, -0.05) is 5.16 Å². The Morgan fingerprint density at radius 1 is 1.43 bits per heavy atom. The summed E-state index contributed by atoms with van der Waals surface area (Å²) in [4.78, 5) is 17.1. The summed E-state index contributed by atoms with van der Waals surface area (Å²) >= 11 is 0. The molecule has 110 valence electrons. The maximum Gasteiger partial charge on any atom is 0.259 e. The first kappa shape index (κ1) is 12.8. The Morgan fingerprint density at radius 2 is 2.29 bits per heavy atom. The normalized spacial score (nSPS) is 21.9. The molecular weight excluding hydrogens is 268 g/mol. The van der Waals surface area contributed by atoms with Crippen LogP contribution in [0.5, 0.6) is 0 Å². The number of rotatable bonds is 3. The number of carbonyl (C=O) groups excluding carboxylic acids is 1. The molecule has 4 rings (SSSR count). The highest BCUT2D eigenvalue weighted by Crippen LogP contribution is 2.40. The second-order valence-corrected chi connectivity index (χ2v) is 5.98. The average Bonchev–Trinajstić information content (AvgIpc) is 3.10. The summed E-state index contributed by atoms with van der Waals surface area (Å²) in [6, 6.07) is 2.12. The fourth-order valence-electron chi connectivity index (χ4n) is 2.92. The lowest BCUT2D eigenvalue weighted by Crippen LogP contribution is -2.36. The molecule has 1 aliphatic heterocycles. The maximum atomic E-state index is 12.6. The molecule has 0 spiro atoms. The summed E-state index contributed by atoms with van der Waals surface area (Å²) in [5.41, 5.74) is 2.79. The minimum atomic E-state index is -0.0516. The largest absolute Gasteiger partial charge is 0.348 e. The molecule has 0 bridgehead atoms. The van der Waals surface area contributed by atoms with Crippen molar-refractivity contribution in [2.75, 3.05) is 13.1 Å². The molecule has 2 N–H and O–H groups in total. The summed E-state index contributed by atoms with van der Waals surface area (Å²) in [5, 5.41) is 11.0. The molecule has 6 heteroatoms. The number of pyridine rings is 1. The zero-order chi connectivity index (χ0) is 14.4. The molecule has 6 nitrogen and oxygen atoms in total. The summed E-state index contributed by atoms with van der Waals surface area (Å²) in [5.74, 6) is 0.420. The van der Waals surface area contributed by atoms with Crippen molar-refractivity contribution in [1.82, 2.24) is 20.8 Å². The number of nitrogens with zero attached hydrogens (tertiary/aromatic N) is 2. The lowest BCUT2D eigenvalue weighted by Gasteiger charge is -2.12. The number of carbonyl (C=O) groups is 1. The minimum Gasteiger partial charge on any atom is -0.348 e. The highest BCUT2D eigenvalue weighted by atomic mass is 16.5. The van der Waals surface area contributed by atoms with Gasteiger partial charge in [-0.3, -0.25) is 4.79 Å². The van der Waals surface area contributed by atoms with Crippen LogP contribution in [0, 0.1) is 6.92 Å². The summed E-state index contributed by atoms with van der Waals surface area (Å²) in [7, 11) is 0. The Morgan fingerprint density at radius 3 is 3.00 bits per heavy atom. The molecular formula is C15H18N4O2. The topological polar surface area (TPSA) is 80.0 Å². The summed E-state index contributed by atoms with van der Waals surface area (Å²) in [6.07, 6.45) is 3.25. The molecule has 21 heavy (non-hydrogen) atoms. The van der Waals surface area contributed by atoms with E-state index in [9.17, 15) is 4.79 Å². The first-order valence-corrected chi connectivity index (χ1v) is 7.51. The predicted octanol–water partition coefficient (Wildman–Crippen LogP) is 1.50. The van der Waals surface area contributed by atoms with Gasteiger partial charge in [0.25, 0.3) is 11.6 Å². The van der Waals surface area contributed by atoms with E-state index in [0.29, 0.717) is 17.2 Å². The van der Waals surface area contributed by atoms with Crippen LogP contribution in [-0.4, -0.2) is 35.2 Å². The van der Waals surface area contributed by atoms with Crippen LogP contribution >= 0.6 is 0 Å². The molecule has 2 aromatic rings. The summed E-state index contributed by atoms with van der Waals surface area (Å²) < 4.78 is 5.27. The van der Waals surface area contributed by atoms with Crippen LogP contribution in [0.4, 0.5) is 0 Å². The molecule has 1 aliphatic carbocycles. The third-order valence-electron chi connectivity index (χ3n) is 4.27. The Bertz CT molecular complexity index is 699. The fourth-order valence-corrected chi connectivity index (χ4v) is 2.92. The van der Waals surface area contributed by atoms with E-state index >= 15 is 0 Å². The van der Waals surface area contributed by atoms with Gasteiger partial charge >= 0.3 is 0 Å². The van der Waals surface area contributed by atoms with Gasteiger partial charge in [-0.2, -0.15) is 0 Å². The molecule has 1 amide bonds. The standard InChI is InChI=1S/C15H18N4O2/c1-8-13-11(14(20)17-10-4-5-16-7-10)6-12(9-2-3-9)18-15(13)21-19-8/h6,9-10,16H,2-5,7H2,1H3,(H,17,20). The zero-order valence-corrected chi connectivity index (χ0v) is 12.0. The van der Waals surface area contributed by atoms with Crippen molar-refractivity contribution in [3.8, 4) is 0 Å². The molecule has 2 fully saturated rings. The third-order valence-corrected chi connectivity index (χ3v) is 4.27. The Balaban J connectivity index is 1.73. The van der Waals surface area contributed by atoms with E-state index in [4.69, 9.17) is 4.52 Å². The summed E-state index contributed by atoms with van der Waals surface area (Å²) in [6.45, 7) is 3.63. The van der Waals surface area contributed by atoms with Gasteiger partial charge in [0.2, 0.25) is 0 Å². The molecule has 1 saturated heterocycles. The Kier molecular flexibility index (Phi) is 2.92. The van der Waals surface area contributed by atoms with Crippen LogP contribution in [0.2, 0.25) is 0 Å². The van der Waals surface area contributed by atoms with E-state index in [1.165, 1.54) is 0 Å². The van der Waals surface area contributed by atoms with E-state index in [1.807, 2.05) is 13.0 Å². The van der Waals surface area contributed by atoms with Crippen LogP contribution in [0.15, 0.2) is 10.6 Å². The number of aromatic nitrogens is 2. The van der Waals surface area contributed by atoms with Crippen LogP contribution in [-0.2, 0) is 0 Å². The zero-order valence-electron chi connectivity index (χ0n) is 12.0. The highest BCUT2D eigenvalue weighted by Gasteiger charge is 2.29. The smallest absolute Gasteiger partial charge is 0.259 e. The SMILES string of the molecule is Cc1noc2nc(C3CC3)cc(C(=O)NC3CCNC3)c12. The number of hydrogen-bond acceptors (Lipinski definition) is 5. The molecule has 3 heterocycles. The van der Waals surface area contributed by atoms with Crippen molar-refractivity contribution < 1.29 is 9.32 Å². The van der Waals surface area contributed by atoms with Gasteiger partial charge in [0.05, 0.1) is 16.6 Å². The van der Waals surface area contributed by atoms with Crippen molar-refractivity contribution >= 4 is 17.0 Å². The first-order chi connectivity index (χ1) is 10.2. The molecule has 0 radical (unpaired) electrons. The second-order valence-electron chi connectivity index (χ2n) is 5.98. The third kappa shape index (κ3) is 2.29. The number of hydrogen-bond donors (Lipinski definition) is 2. The molecule has 2 aromatic heterocycles. The van der Waals surface area contributed by atoms with Gasteiger partial charge in [-0.25, -0.2) is 4.98 Å². The van der Waals surface area contributed by atoms with E-state index in [1.54, 1.807) is 0 Å². The lowest BCUT2D eigenvalue weighted by atomic mass is 10.1. The van der Waals surface area contributed by atoms with Crippen molar-refractivity contribution in [3.05, 3.63) is 23.0 Å². The first-order valence-electron chi connectivity index (χ1n) is 7.51. The minimum absolute atomic E-state index is 0.0516. The lowest BCUT2D eigenvalue weighted by molar-refractivity contribution is 0.0941. The number of fused-ring (bicyclic) bond motifs is 1. The fraction of sp³-hybridized carbons (Fsp3) is 0.533. The quantitative estimate of drug-likeness (QED) is 0.894. The van der Waals surface area contributed by atoms with Crippen LogP contribution in [0.1, 0.15) is 46.9 Å². The molecule has 1 atom stereocenters. The maximum absolute atomic E-state index is 12.6. The predicted molar refractivity (Wildman–Crippen MR) is 77.3 cm³/mol. The average molecular weight is 286 g/mol. The van der Waals surface area contributed by atoms with Gasteiger partial charge in [0.1, 0.15) is 0 Å². The Hall–Kier alpha value is -1.95.